The molecule has 30 heavy (non-hydrogen) atoms. The smallest absolute Gasteiger partial charge is 0.425 e. The van der Waals surface area contributed by atoms with Crippen molar-refractivity contribution in [3.05, 3.63) is 68.0 Å². The summed E-state index contributed by atoms with van der Waals surface area (Å²) >= 11 is 0.577. The van der Waals surface area contributed by atoms with Crippen molar-refractivity contribution in [3.8, 4) is 5.75 Å². The highest BCUT2D eigenvalue weighted by Gasteiger charge is 2.32. The van der Waals surface area contributed by atoms with Gasteiger partial charge in [-0.3, -0.25) is 4.57 Å². The quantitative estimate of drug-likeness (QED) is 0.675. The predicted molar refractivity (Wildman–Crippen MR) is 104 cm³/mol. The number of methoxy groups -OCH3 is 1. The zero-order valence-electron chi connectivity index (χ0n) is 15.8. The van der Waals surface area contributed by atoms with Gasteiger partial charge in [0, 0.05) is 11.4 Å². The molecule has 1 aliphatic rings. The van der Waals surface area contributed by atoms with Crippen molar-refractivity contribution in [2.45, 2.75) is 25.4 Å². The Morgan fingerprint density at radius 2 is 2.10 bits per heavy atom. The Balaban J connectivity index is 1.53. The topological polar surface area (TPSA) is 80.5 Å². The fourth-order valence-corrected chi connectivity index (χ4v) is 4.15. The van der Waals surface area contributed by atoms with Crippen LogP contribution in [0.4, 0.5) is 19.1 Å². The molecule has 1 aromatic carbocycles. The maximum absolute atomic E-state index is 12.7. The summed E-state index contributed by atoms with van der Waals surface area (Å²) in [4.78, 5) is 21.9. The Labute approximate surface area is 173 Å². The number of aliphatic hydroxyl groups is 1. The van der Waals surface area contributed by atoms with Gasteiger partial charge >= 0.3 is 11.9 Å². The molecule has 3 aromatic rings. The number of nitrogens with zero attached hydrogens (tertiary/aromatic N) is 4. The van der Waals surface area contributed by atoms with Crippen LogP contribution in [0, 0.1) is 0 Å². The van der Waals surface area contributed by atoms with Crippen LogP contribution in [-0.2, 0) is 19.3 Å². The van der Waals surface area contributed by atoms with E-state index in [9.17, 15) is 23.1 Å². The second-order valence-electron chi connectivity index (χ2n) is 6.79. The van der Waals surface area contributed by atoms with Crippen LogP contribution in [0.2, 0.25) is 0 Å². The molecule has 1 unspecified atom stereocenters. The molecule has 0 bridgehead atoms. The minimum Gasteiger partial charge on any atom is -0.497 e. The maximum atomic E-state index is 12.7. The van der Waals surface area contributed by atoms with E-state index in [0.717, 1.165) is 21.8 Å². The summed E-state index contributed by atoms with van der Waals surface area (Å²) in [5, 5.41) is 10.5. The lowest BCUT2D eigenvalue weighted by molar-refractivity contribution is -0.134. The van der Waals surface area contributed by atoms with E-state index in [2.05, 4.69) is 9.97 Å². The summed E-state index contributed by atoms with van der Waals surface area (Å²) in [5.74, 6) is 0.793. The molecule has 0 aliphatic carbocycles. The van der Waals surface area contributed by atoms with Gasteiger partial charge in [0.25, 0.3) is 0 Å². The second kappa shape index (κ2) is 7.73. The molecule has 1 aliphatic heterocycles. The molecule has 0 radical (unpaired) electrons. The van der Waals surface area contributed by atoms with Crippen LogP contribution in [0.5, 0.6) is 5.75 Å². The summed E-state index contributed by atoms with van der Waals surface area (Å²) < 4.78 is 44.6. The number of aromatic nitrogens is 3. The Kier molecular flexibility index (Phi) is 5.24. The highest BCUT2D eigenvalue weighted by molar-refractivity contribution is 7.12. The first-order chi connectivity index (χ1) is 14.2. The number of aliphatic hydroxyl groups excluding tert-OH is 1. The van der Waals surface area contributed by atoms with Crippen LogP contribution >= 0.6 is 11.3 Å². The molecule has 7 nitrogen and oxygen atoms in total. The number of ether oxygens (including phenoxy) is 1. The van der Waals surface area contributed by atoms with Crippen molar-refractivity contribution >= 4 is 17.3 Å². The van der Waals surface area contributed by atoms with Crippen LogP contribution in [0.1, 0.15) is 27.0 Å². The van der Waals surface area contributed by atoms with E-state index in [-0.39, 0.29) is 19.0 Å². The van der Waals surface area contributed by atoms with Gasteiger partial charge < -0.3 is 14.7 Å². The van der Waals surface area contributed by atoms with Crippen LogP contribution in [-0.4, -0.2) is 33.3 Å². The second-order valence-corrected chi connectivity index (χ2v) is 7.96. The lowest BCUT2D eigenvalue weighted by Crippen LogP contribution is -2.37. The molecule has 4 rings (SSSR count). The van der Waals surface area contributed by atoms with Crippen LogP contribution < -0.4 is 15.3 Å². The fourth-order valence-electron chi connectivity index (χ4n) is 3.28. The molecule has 0 fully saturated rings. The van der Waals surface area contributed by atoms with Gasteiger partial charge in [-0.15, -0.1) is 11.3 Å². The number of hydrogen-bond donors (Lipinski definition) is 1. The van der Waals surface area contributed by atoms with Gasteiger partial charge in [-0.25, -0.2) is 9.78 Å². The summed E-state index contributed by atoms with van der Waals surface area (Å²) in [6.07, 6.45) is -3.96. The van der Waals surface area contributed by atoms with Crippen molar-refractivity contribution in [1.29, 1.82) is 0 Å². The maximum Gasteiger partial charge on any atom is 0.425 e. The Morgan fingerprint density at radius 1 is 1.30 bits per heavy atom. The molecule has 3 heterocycles. The number of rotatable bonds is 4. The molecule has 2 aromatic heterocycles. The fraction of sp³-hybridized carbons (Fsp3) is 0.316. The van der Waals surface area contributed by atoms with E-state index in [1.165, 1.54) is 12.4 Å². The van der Waals surface area contributed by atoms with Crippen molar-refractivity contribution < 1.29 is 23.0 Å². The highest BCUT2D eigenvalue weighted by atomic mass is 32.1. The number of β-amino-alcohol motifs (C(OH)–C–C–N with tert-alkyl or cyclic N) is 1. The molecular weight excluding hydrogens is 421 g/mol. The lowest BCUT2D eigenvalue weighted by Gasteiger charge is -2.32. The van der Waals surface area contributed by atoms with Crippen molar-refractivity contribution in [3.63, 3.8) is 0 Å². The number of halogens is 3. The molecule has 158 valence electrons. The molecule has 1 atom stereocenters. The molecule has 11 heteroatoms. The van der Waals surface area contributed by atoms with E-state index in [4.69, 9.17) is 4.74 Å². The number of benzene rings is 1. The van der Waals surface area contributed by atoms with Crippen LogP contribution in [0.25, 0.3) is 0 Å². The summed E-state index contributed by atoms with van der Waals surface area (Å²) in [6.45, 7) is 0.550. The lowest BCUT2D eigenvalue weighted by atomic mass is 9.97. The van der Waals surface area contributed by atoms with E-state index >= 15 is 0 Å². The number of hydrogen-bond acceptors (Lipinski definition) is 7. The van der Waals surface area contributed by atoms with E-state index in [1.807, 2.05) is 6.07 Å². The first-order valence-electron chi connectivity index (χ1n) is 8.94. The number of alkyl halides is 3. The number of fused-ring (bicyclic) bond motifs is 1. The van der Waals surface area contributed by atoms with Gasteiger partial charge in [0.15, 0.2) is 0 Å². The average Bonchev–Trinajstić information content (AvgIpc) is 3.18. The van der Waals surface area contributed by atoms with E-state index < -0.39 is 22.8 Å². The predicted octanol–water partition coefficient (Wildman–Crippen LogP) is 2.83. The van der Waals surface area contributed by atoms with Gasteiger partial charge in [0.2, 0.25) is 5.95 Å². The minimum atomic E-state index is -4.41. The zero-order chi connectivity index (χ0) is 21.5. The molecule has 0 saturated heterocycles. The Bertz CT molecular complexity index is 1130. The third-order valence-electron chi connectivity index (χ3n) is 4.77. The first kappa shape index (κ1) is 20.4. The number of anilines is 1. The standard InChI is InChI=1S/C19H17F3N4O3S/c1-29-12-3-2-11-7-25(9-15(27)14(11)6-12)17-23-10-26(18(28)24-17)8-13-4-5-16(30-13)19(20,21)22/h2-6,10,15,27H,7-9H2,1H3. The minimum absolute atomic E-state index is 0.0505. The molecule has 1 N–H and O–H groups in total. The van der Waals surface area contributed by atoms with Crippen LogP contribution in [0.15, 0.2) is 41.5 Å². The van der Waals surface area contributed by atoms with Gasteiger partial charge in [0.05, 0.1) is 26.3 Å². The van der Waals surface area contributed by atoms with Crippen molar-refractivity contribution in [2.24, 2.45) is 0 Å². The van der Waals surface area contributed by atoms with E-state index in [0.29, 0.717) is 28.5 Å². The largest absolute Gasteiger partial charge is 0.497 e. The third kappa shape index (κ3) is 4.03. The van der Waals surface area contributed by atoms with Gasteiger partial charge in [-0.2, -0.15) is 18.2 Å². The number of thiophene rings is 1. The normalized spacial score (nSPS) is 16.4. The SMILES string of the molecule is COc1ccc2c(c1)C(O)CN(c1ncn(Cc3ccc(C(F)(F)F)s3)c(=O)n1)C2. The Hall–Kier alpha value is -2.92. The summed E-state index contributed by atoms with van der Waals surface area (Å²) in [6, 6.07) is 7.71. The first-order valence-corrected chi connectivity index (χ1v) is 9.75. The molecule has 0 saturated carbocycles. The van der Waals surface area contributed by atoms with Crippen LogP contribution in [0.3, 0.4) is 0 Å². The third-order valence-corrected chi connectivity index (χ3v) is 5.89. The summed E-state index contributed by atoms with van der Waals surface area (Å²) in [5.41, 5.74) is 0.981. The van der Waals surface area contributed by atoms with Crippen molar-refractivity contribution in [1.82, 2.24) is 14.5 Å². The monoisotopic (exact) mass is 438 g/mol. The average molecular weight is 438 g/mol. The van der Waals surface area contributed by atoms with Gasteiger partial charge in [-0.1, -0.05) is 6.07 Å². The zero-order valence-corrected chi connectivity index (χ0v) is 16.6. The van der Waals surface area contributed by atoms with Gasteiger partial charge in [0.1, 0.15) is 17.0 Å². The van der Waals surface area contributed by atoms with Gasteiger partial charge in [-0.05, 0) is 35.4 Å². The Morgan fingerprint density at radius 3 is 2.77 bits per heavy atom. The molecular formula is C19H17F3N4O3S. The molecule has 0 spiro atoms. The van der Waals surface area contributed by atoms with Crippen molar-refractivity contribution in [2.75, 3.05) is 18.6 Å². The van der Waals surface area contributed by atoms with E-state index in [1.54, 1.807) is 24.1 Å². The summed E-state index contributed by atoms with van der Waals surface area (Å²) in [7, 11) is 1.55. The molecule has 0 amide bonds. The highest BCUT2D eigenvalue weighted by Crippen LogP contribution is 2.35.